The topological polar surface area (TPSA) is 101 Å². The van der Waals surface area contributed by atoms with Gasteiger partial charge in [-0.1, -0.05) is 6.92 Å². The second-order valence-corrected chi connectivity index (χ2v) is 5.08. The summed E-state index contributed by atoms with van der Waals surface area (Å²) in [6.07, 6.45) is 2.47. The third-order valence-corrected chi connectivity index (χ3v) is 3.15. The van der Waals surface area contributed by atoms with E-state index in [0.29, 0.717) is 6.08 Å². The second kappa shape index (κ2) is 7.02. The molecule has 0 radical (unpaired) electrons. The van der Waals surface area contributed by atoms with Gasteiger partial charge in [0.15, 0.2) is 0 Å². The molecule has 0 aliphatic heterocycles. The Kier molecular flexibility index (Phi) is 6.44. The molecule has 7 nitrogen and oxygen atoms in total. The van der Waals surface area contributed by atoms with Crippen LogP contribution in [0.1, 0.15) is 6.92 Å². The van der Waals surface area contributed by atoms with Crippen LogP contribution in [0.15, 0.2) is 12.2 Å². The highest BCUT2D eigenvalue weighted by atomic mass is 32.2. The van der Waals surface area contributed by atoms with Crippen molar-refractivity contribution in [2.24, 2.45) is 0 Å². The fourth-order valence-corrected chi connectivity index (χ4v) is 1.87. The first-order valence-corrected chi connectivity index (χ1v) is 6.65. The predicted molar refractivity (Wildman–Crippen MR) is 59.8 cm³/mol. The Bertz CT molecular complexity index is 400. The maximum absolute atomic E-state index is 11.1. The zero-order chi connectivity index (χ0) is 13.5. The molecule has 0 aliphatic carbocycles. The van der Waals surface area contributed by atoms with Crippen molar-refractivity contribution >= 4 is 22.0 Å². The maximum Gasteiger partial charge on any atom is 0.331 e. The van der Waals surface area contributed by atoms with Gasteiger partial charge in [-0.2, -0.15) is 4.31 Å². The van der Waals surface area contributed by atoms with Crippen LogP contribution in [0.4, 0.5) is 0 Å². The van der Waals surface area contributed by atoms with Crippen molar-refractivity contribution < 1.29 is 27.9 Å². The first-order valence-electron chi connectivity index (χ1n) is 4.80. The number of esters is 1. The van der Waals surface area contributed by atoms with Crippen molar-refractivity contribution in [3.05, 3.63) is 12.2 Å². The Balaban J connectivity index is 4.07. The molecule has 8 heteroatoms. The number of carboxylic acids is 1. The Labute approximate surface area is 99.7 Å². The molecule has 0 heterocycles. The van der Waals surface area contributed by atoms with E-state index in [1.165, 1.54) is 0 Å². The summed E-state index contributed by atoms with van der Waals surface area (Å²) in [4.78, 5) is 21.0. The first kappa shape index (κ1) is 15.6. The van der Waals surface area contributed by atoms with E-state index >= 15 is 0 Å². The number of carbonyl (C=O) groups is 2. The number of carboxylic acid groups (broad SMARTS) is 1. The zero-order valence-electron chi connectivity index (χ0n) is 9.62. The van der Waals surface area contributed by atoms with E-state index in [-0.39, 0.29) is 19.7 Å². The smallest absolute Gasteiger partial charge is 0.331 e. The summed E-state index contributed by atoms with van der Waals surface area (Å²) < 4.78 is 28.1. The predicted octanol–water partition coefficient (Wildman–Crippen LogP) is -0.548. The third-order valence-electron chi connectivity index (χ3n) is 1.77. The van der Waals surface area contributed by atoms with E-state index in [1.54, 1.807) is 6.92 Å². The van der Waals surface area contributed by atoms with Crippen LogP contribution in [-0.4, -0.2) is 55.7 Å². The van der Waals surface area contributed by atoms with Gasteiger partial charge < -0.3 is 9.84 Å². The van der Waals surface area contributed by atoms with Crippen molar-refractivity contribution in [1.82, 2.24) is 4.31 Å². The summed E-state index contributed by atoms with van der Waals surface area (Å²) >= 11 is 0. The molecule has 0 saturated carbocycles. The minimum atomic E-state index is -3.31. The van der Waals surface area contributed by atoms with Crippen LogP contribution >= 0.6 is 0 Å². The molecule has 1 N–H and O–H groups in total. The molecule has 0 saturated heterocycles. The van der Waals surface area contributed by atoms with Crippen molar-refractivity contribution in [3.63, 3.8) is 0 Å². The lowest BCUT2D eigenvalue weighted by atomic mass is 10.5. The van der Waals surface area contributed by atoms with Gasteiger partial charge in [0.1, 0.15) is 6.61 Å². The lowest BCUT2D eigenvalue weighted by Crippen LogP contribution is -2.33. The molecule has 0 unspecified atom stereocenters. The van der Waals surface area contributed by atoms with E-state index < -0.39 is 22.0 Å². The summed E-state index contributed by atoms with van der Waals surface area (Å²) in [6, 6.07) is 0. The maximum atomic E-state index is 11.1. The average molecular weight is 265 g/mol. The second-order valence-electron chi connectivity index (χ2n) is 3.09. The molecule has 0 bridgehead atoms. The van der Waals surface area contributed by atoms with Gasteiger partial charge in [0, 0.05) is 25.2 Å². The van der Waals surface area contributed by atoms with Crippen LogP contribution in [0.3, 0.4) is 0 Å². The Morgan fingerprint density at radius 2 is 1.94 bits per heavy atom. The number of nitrogens with zero attached hydrogens (tertiary/aromatic N) is 1. The third kappa shape index (κ3) is 7.47. The number of rotatable bonds is 7. The van der Waals surface area contributed by atoms with E-state index in [1.807, 2.05) is 0 Å². The molecule has 0 spiro atoms. The number of carbonyl (C=O) groups excluding carboxylic acids is 1. The molecule has 0 aliphatic rings. The normalized spacial score (nSPS) is 11.9. The molecule has 17 heavy (non-hydrogen) atoms. The molecule has 0 atom stereocenters. The first-order chi connectivity index (χ1) is 7.77. The molecular formula is C9H15NO6S. The van der Waals surface area contributed by atoms with Gasteiger partial charge in [-0.25, -0.2) is 18.0 Å². The zero-order valence-corrected chi connectivity index (χ0v) is 10.4. The van der Waals surface area contributed by atoms with Crippen molar-refractivity contribution in [3.8, 4) is 0 Å². The lowest BCUT2D eigenvalue weighted by molar-refractivity contribution is -0.138. The Morgan fingerprint density at radius 1 is 1.35 bits per heavy atom. The summed E-state index contributed by atoms with van der Waals surface area (Å²) in [6.45, 7) is 1.86. The molecule has 0 aromatic rings. The Morgan fingerprint density at radius 3 is 2.35 bits per heavy atom. The van der Waals surface area contributed by atoms with Gasteiger partial charge in [-0.05, 0) is 0 Å². The van der Waals surface area contributed by atoms with Gasteiger partial charge >= 0.3 is 11.9 Å². The average Bonchev–Trinajstić information content (AvgIpc) is 2.19. The molecule has 0 fully saturated rings. The standard InChI is InChI=1S/C9H15NO6S/c1-3-10(17(2,14)15)6-7-16-9(13)5-4-8(11)12/h4-5H,3,6-7H2,1-2H3,(H,11,12)/b5-4+. The summed E-state index contributed by atoms with van der Waals surface area (Å²) in [5, 5.41) is 8.24. The lowest BCUT2D eigenvalue weighted by Gasteiger charge is -2.16. The van der Waals surface area contributed by atoms with Crippen LogP contribution in [0.2, 0.25) is 0 Å². The molecule has 98 valence electrons. The molecule has 0 aromatic heterocycles. The van der Waals surface area contributed by atoms with Gasteiger partial charge in [0.2, 0.25) is 10.0 Å². The summed E-state index contributed by atoms with van der Waals surface area (Å²) in [7, 11) is -3.31. The number of aliphatic carboxylic acids is 1. The number of hydrogen-bond donors (Lipinski definition) is 1. The van der Waals surface area contributed by atoms with Gasteiger partial charge in [0.05, 0.1) is 6.26 Å². The van der Waals surface area contributed by atoms with E-state index in [9.17, 15) is 18.0 Å². The van der Waals surface area contributed by atoms with Gasteiger partial charge in [-0.3, -0.25) is 0 Å². The van der Waals surface area contributed by atoms with E-state index in [0.717, 1.165) is 16.6 Å². The van der Waals surface area contributed by atoms with Crippen molar-refractivity contribution in [2.75, 3.05) is 26.0 Å². The quantitative estimate of drug-likeness (QED) is 0.489. The summed E-state index contributed by atoms with van der Waals surface area (Å²) in [5.74, 6) is -2.08. The van der Waals surface area contributed by atoms with Crippen LogP contribution in [-0.2, 0) is 24.3 Å². The minimum absolute atomic E-state index is 0.0436. The highest BCUT2D eigenvalue weighted by molar-refractivity contribution is 7.88. The highest BCUT2D eigenvalue weighted by Crippen LogP contribution is 1.96. The monoisotopic (exact) mass is 265 g/mol. The van der Waals surface area contributed by atoms with Crippen molar-refractivity contribution in [2.45, 2.75) is 6.92 Å². The van der Waals surface area contributed by atoms with E-state index in [4.69, 9.17) is 5.11 Å². The Hall–Kier alpha value is -1.41. The van der Waals surface area contributed by atoms with Crippen LogP contribution < -0.4 is 0 Å². The van der Waals surface area contributed by atoms with Crippen LogP contribution in [0.25, 0.3) is 0 Å². The molecule has 0 rings (SSSR count). The van der Waals surface area contributed by atoms with Crippen molar-refractivity contribution in [1.29, 1.82) is 0 Å². The summed E-state index contributed by atoms with van der Waals surface area (Å²) in [5.41, 5.74) is 0. The molecule has 0 aromatic carbocycles. The fraction of sp³-hybridized carbons (Fsp3) is 0.556. The fourth-order valence-electron chi connectivity index (χ4n) is 0.994. The van der Waals surface area contributed by atoms with Gasteiger partial charge in [-0.15, -0.1) is 0 Å². The molecule has 0 amide bonds. The largest absolute Gasteiger partial charge is 0.478 e. The SMILES string of the molecule is CCN(CCOC(=O)/C=C/C(=O)O)S(C)(=O)=O. The highest BCUT2D eigenvalue weighted by Gasteiger charge is 2.14. The molecular weight excluding hydrogens is 250 g/mol. The van der Waals surface area contributed by atoms with Crippen LogP contribution in [0.5, 0.6) is 0 Å². The number of sulfonamides is 1. The minimum Gasteiger partial charge on any atom is -0.478 e. The number of hydrogen-bond acceptors (Lipinski definition) is 5. The number of likely N-dealkylation sites (N-methyl/N-ethyl adjacent to an activating group) is 1. The van der Waals surface area contributed by atoms with Crippen LogP contribution in [0, 0.1) is 0 Å². The van der Waals surface area contributed by atoms with Gasteiger partial charge in [0.25, 0.3) is 0 Å². The van der Waals surface area contributed by atoms with E-state index in [2.05, 4.69) is 4.74 Å². The number of ether oxygens (including phenoxy) is 1.